The van der Waals surface area contributed by atoms with Gasteiger partial charge < -0.3 is 10.2 Å². The van der Waals surface area contributed by atoms with Gasteiger partial charge in [-0.1, -0.05) is 18.2 Å². The molecule has 1 aliphatic heterocycles. The number of nitrogens with one attached hydrogen (secondary N) is 1. The number of amides is 1. The molecule has 3 rings (SSSR count). The van der Waals surface area contributed by atoms with Crippen molar-refractivity contribution in [2.75, 3.05) is 18.9 Å². The van der Waals surface area contributed by atoms with Crippen LogP contribution in [0, 0.1) is 17.0 Å². The lowest BCUT2D eigenvalue weighted by Crippen LogP contribution is -2.35. The van der Waals surface area contributed by atoms with Gasteiger partial charge in [0.25, 0.3) is 15.7 Å². The van der Waals surface area contributed by atoms with Gasteiger partial charge in [0.2, 0.25) is 5.91 Å². The fourth-order valence-electron chi connectivity index (χ4n) is 2.80. The Bertz CT molecular complexity index is 1080. The number of fused-ring (bicyclic) bond motifs is 1. The average Bonchev–Trinajstić information content (AvgIpc) is 2.88. The predicted octanol–water partition coefficient (Wildman–Crippen LogP) is 1.92. The molecule has 0 aliphatic carbocycles. The van der Waals surface area contributed by atoms with E-state index in [0.29, 0.717) is 16.8 Å². The molecule has 0 aromatic heterocycles. The van der Waals surface area contributed by atoms with E-state index in [0.717, 1.165) is 0 Å². The van der Waals surface area contributed by atoms with Crippen LogP contribution in [0.2, 0.25) is 0 Å². The van der Waals surface area contributed by atoms with Gasteiger partial charge in [0, 0.05) is 18.7 Å². The van der Waals surface area contributed by atoms with Crippen LogP contribution in [0.4, 0.5) is 11.4 Å². The Morgan fingerprint density at radius 3 is 2.63 bits per heavy atom. The molecular formula is C17H16N4O5S. The zero-order valence-corrected chi connectivity index (χ0v) is 15.4. The van der Waals surface area contributed by atoms with Crippen LogP contribution in [0.15, 0.2) is 51.8 Å². The highest BCUT2D eigenvalue weighted by molar-refractivity contribution is 7.90. The molecule has 10 heteroatoms. The lowest BCUT2D eigenvalue weighted by Gasteiger charge is -2.19. The van der Waals surface area contributed by atoms with Crippen LogP contribution < -0.4 is 5.32 Å². The number of likely N-dealkylation sites (N-methyl/N-ethyl adjacent to an activating group) is 1. The van der Waals surface area contributed by atoms with Crippen molar-refractivity contribution in [2.45, 2.75) is 11.8 Å². The van der Waals surface area contributed by atoms with E-state index < -0.39 is 20.9 Å². The van der Waals surface area contributed by atoms with Crippen molar-refractivity contribution in [3.05, 3.63) is 63.7 Å². The second kappa shape index (κ2) is 6.80. The highest BCUT2D eigenvalue weighted by Crippen LogP contribution is 2.27. The summed E-state index contributed by atoms with van der Waals surface area (Å²) in [5.41, 5.74) is 0.995. The first kappa shape index (κ1) is 18.5. The molecule has 1 aliphatic rings. The summed E-state index contributed by atoms with van der Waals surface area (Å²) in [5, 5.41) is 13.6. The third-order valence-corrected chi connectivity index (χ3v) is 5.46. The van der Waals surface area contributed by atoms with E-state index in [-0.39, 0.29) is 23.0 Å². The molecule has 140 valence electrons. The maximum atomic E-state index is 12.4. The summed E-state index contributed by atoms with van der Waals surface area (Å²) in [5.74, 6) is -0.276. The number of anilines is 1. The fraction of sp³-hybridized carbons (Fsp3) is 0.176. The quantitative estimate of drug-likeness (QED) is 0.631. The number of hydrogen-bond donors (Lipinski definition) is 1. The van der Waals surface area contributed by atoms with E-state index in [1.54, 1.807) is 38.2 Å². The SMILES string of the molecule is Cc1c(NC(=O)CN(C)C2=NS(=O)(=O)c3ccccc32)cccc1[N+](=O)[O-]. The smallest absolute Gasteiger partial charge is 0.285 e. The van der Waals surface area contributed by atoms with E-state index in [1.165, 1.54) is 23.1 Å². The van der Waals surface area contributed by atoms with Crippen molar-refractivity contribution in [3.63, 3.8) is 0 Å². The Morgan fingerprint density at radius 1 is 1.22 bits per heavy atom. The Morgan fingerprint density at radius 2 is 1.93 bits per heavy atom. The van der Waals surface area contributed by atoms with Gasteiger partial charge in [-0.15, -0.1) is 4.40 Å². The van der Waals surface area contributed by atoms with Crippen LogP contribution in [0.1, 0.15) is 11.1 Å². The molecule has 0 saturated heterocycles. The summed E-state index contributed by atoms with van der Waals surface area (Å²) in [7, 11) is -2.22. The lowest BCUT2D eigenvalue weighted by molar-refractivity contribution is -0.385. The summed E-state index contributed by atoms with van der Waals surface area (Å²) >= 11 is 0. The number of nitro groups is 1. The summed E-state index contributed by atoms with van der Waals surface area (Å²) in [6, 6.07) is 10.8. The molecule has 1 amide bonds. The van der Waals surface area contributed by atoms with E-state index in [9.17, 15) is 23.3 Å². The monoisotopic (exact) mass is 388 g/mol. The number of amidine groups is 1. The summed E-state index contributed by atoms with van der Waals surface area (Å²) in [6.07, 6.45) is 0. The van der Waals surface area contributed by atoms with Crippen molar-refractivity contribution in [2.24, 2.45) is 4.40 Å². The summed E-state index contributed by atoms with van der Waals surface area (Å²) in [6.45, 7) is 1.37. The van der Waals surface area contributed by atoms with Gasteiger partial charge in [0.05, 0.1) is 22.7 Å². The van der Waals surface area contributed by atoms with Gasteiger partial charge in [-0.2, -0.15) is 8.42 Å². The van der Waals surface area contributed by atoms with Crippen LogP contribution in [-0.4, -0.2) is 43.6 Å². The number of rotatable bonds is 4. The number of nitrogens with zero attached hydrogens (tertiary/aromatic N) is 3. The number of sulfonamides is 1. The summed E-state index contributed by atoms with van der Waals surface area (Å²) in [4.78, 5) is 24.4. The normalized spacial score (nSPS) is 14.2. The summed E-state index contributed by atoms with van der Waals surface area (Å²) < 4.78 is 28.0. The largest absolute Gasteiger partial charge is 0.349 e. The Labute approximate surface area is 155 Å². The standard InChI is InChI=1S/C17H16N4O5S/c1-11-13(7-5-8-14(11)21(23)24)18-16(22)10-20(2)17-12-6-3-4-9-15(12)27(25,26)19-17/h3-9H,10H2,1-2H3,(H,18,22). The molecule has 0 saturated carbocycles. The van der Waals surface area contributed by atoms with Crippen LogP contribution in [0.3, 0.4) is 0 Å². The van der Waals surface area contributed by atoms with Crippen LogP contribution in [-0.2, 0) is 14.8 Å². The van der Waals surface area contributed by atoms with Gasteiger partial charge in [-0.05, 0) is 25.1 Å². The number of benzene rings is 2. The van der Waals surface area contributed by atoms with Crippen molar-refractivity contribution in [1.82, 2.24) is 4.90 Å². The maximum absolute atomic E-state index is 12.4. The Kier molecular flexibility index (Phi) is 4.66. The zero-order valence-electron chi connectivity index (χ0n) is 14.5. The van der Waals surface area contributed by atoms with Crippen LogP contribution >= 0.6 is 0 Å². The van der Waals surface area contributed by atoms with E-state index in [2.05, 4.69) is 9.71 Å². The lowest BCUT2D eigenvalue weighted by atomic mass is 10.1. The third-order valence-electron chi connectivity index (χ3n) is 4.13. The minimum atomic E-state index is -3.78. The minimum absolute atomic E-state index is 0.0960. The second-order valence-electron chi connectivity index (χ2n) is 6.00. The molecule has 1 N–H and O–H groups in total. The molecule has 0 atom stereocenters. The minimum Gasteiger partial charge on any atom is -0.349 e. The Hall–Kier alpha value is -3.27. The third kappa shape index (κ3) is 3.51. The van der Waals surface area contributed by atoms with Crippen molar-refractivity contribution in [1.29, 1.82) is 0 Å². The van der Waals surface area contributed by atoms with Crippen molar-refractivity contribution < 1.29 is 18.1 Å². The first-order valence-corrected chi connectivity index (χ1v) is 9.34. The molecule has 0 bridgehead atoms. The van der Waals surface area contributed by atoms with Gasteiger partial charge >= 0.3 is 0 Å². The molecule has 27 heavy (non-hydrogen) atoms. The van der Waals surface area contributed by atoms with Crippen molar-refractivity contribution in [3.8, 4) is 0 Å². The van der Waals surface area contributed by atoms with E-state index in [4.69, 9.17) is 0 Å². The molecule has 0 fully saturated rings. The first-order chi connectivity index (χ1) is 12.7. The molecule has 1 heterocycles. The van der Waals surface area contributed by atoms with E-state index in [1.807, 2.05) is 0 Å². The van der Waals surface area contributed by atoms with E-state index >= 15 is 0 Å². The van der Waals surface area contributed by atoms with Gasteiger partial charge in [-0.3, -0.25) is 14.9 Å². The molecule has 9 nitrogen and oxygen atoms in total. The van der Waals surface area contributed by atoms with Gasteiger partial charge in [0.1, 0.15) is 4.90 Å². The first-order valence-electron chi connectivity index (χ1n) is 7.90. The number of carbonyl (C=O) groups is 1. The number of carbonyl (C=O) groups excluding carboxylic acids is 1. The molecule has 2 aromatic rings. The molecule has 0 spiro atoms. The number of hydrogen-bond acceptors (Lipinski definition) is 6. The number of nitro benzene ring substituents is 1. The zero-order chi connectivity index (χ0) is 19.8. The van der Waals surface area contributed by atoms with Crippen LogP contribution in [0.5, 0.6) is 0 Å². The highest BCUT2D eigenvalue weighted by atomic mass is 32.2. The second-order valence-corrected chi connectivity index (χ2v) is 7.57. The maximum Gasteiger partial charge on any atom is 0.285 e. The van der Waals surface area contributed by atoms with Crippen LogP contribution in [0.25, 0.3) is 0 Å². The van der Waals surface area contributed by atoms with Gasteiger partial charge in [0.15, 0.2) is 5.84 Å². The molecule has 0 unspecified atom stereocenters. The Balaban J connectivity index is 1.78. The molecule has 0 radical (unpaired) electrons. The van der Waals surface area contributed by atoms with Gasteiger partial charge in [-0.25, -0.2) is 0 Å². The topological polar surface area (TPSA) is 122 Å². The predicted molar refractivity (Wildman–Crippen MR) is 99.3 cm³/mol. The average molecular weight is 388 g/mol. The molecule has 2 aromatic carbocycles. The fourth-order valence-corrected chi connectivity index (χ4v) is 4.05. The molecular weight excluding hydrogens is 372 g/mol. The van der Waals surface area contributed by atoms with Crippen molar-refractivity contribution >= 4 is 33.1 Å². The highest BCUT2D eigenvalue weighted by Gasteiger charge is 2.31.